The Morgan fingerprint density at radius 2 is 2.03 bits per heavy atom. The predicted molar refractivity (Wildman–Crippen MR) is 117 cm³/mol. The van der Waals surface area contributed by atoms with Crippen molar-refractivity contribution in [3.05, 3.63) is 80.3 Å². The molecule has 0 saturated heterocycles. The zero-order valence-electron chi connectivity index (χ0n) is 15.3. The average molecular weight is 444 g/mol. The topological polar surface area (TPSA) is 75.0 Å². The first kappa shape index (κ1) is 20.9. The summed E-state index contributed by atoms with van der Waals surface area (Å²) in [5.74, 6) is 0.172. The van der Waals surface area contributed by atoms with Gasteiger partial charge in [-0.25, -0.2) is 4.98 Å². The Hall–Kier alpha value is -2.85. The smallest absolute Gasteiger partial charge is 0.268 e. The maximum atomic E-state index is 12.4. The minimum absolute atomic E-state index is 0.0233. The number of nitriles is 1. The molecule has 1 amide bonds. The van der Waals surface area contributed by atoms with E-state index in [-0.39, 0.29) is 5.57 Å². The number of amides is 1. The molecule has 0 fully saturated rings. The van der Waals surface area contributed by atoms with Crippen LogP contribution in [-0.4, -0.2) is 18.0 Å². The summed E-state index contributed by atoms with van der Waals surface area (Å²) in [6.45, 7) is 0. The number of ether oxygens (including phenoxy) is 1. The van der Waals surface area contributed by atoms with E-state index in [0.29, 0.717) is 32.9 Å². The molecule has 29 heavy (non-hydrogen) atoms. The van der Waals surface area contributed by atoms with Crippen molar-refractivity contribution in [3.63, 3.8) is 0 Å². The fourth-order valence-corrected chi connectivity index (χ4v) is 3.70. The Morgan fingerprint density at radius 1 is 1.28 bits per heavy atom. The summed E-state index contributed by atoms with van der Waals surface area (Å²) in [6, 6.07) is 14.2. The van der Waals surface area contributed by atoms with Crippen LogP contribution in [0.25, 0.3) is 6.08 Å². The number of thiazole rings is 1. The second kappa shape index (κ2) is 9.57. The zero-order chi connectivity index (χ0) is 20.8. The van der Waals surface area contributed by atoms with Crippen molar-refractivity contribution in [1.82, 2.24) is 4.98 Å². The number of rotatable bonds is 6. The van der Waals surface area contributed by atoms with Crippen LogP contribution >= 0.6 is 34.5 Å². The molecule has 5 nitrogen and oxygen atoms in total. The molecule has 0 spiro atoms. The zero-order valence-corrected chi connectivity index (χ0v) is 17.6. The summed E-state index contributed by atoms with van der Waals surface area (Å²) >= 11 is 13.5. The van der Waals surface area contributed by atoms with Crippen LogP contribution in [0.15, 0.2) is 54.2 Å². The molecule has 1 N–H and O–H groups in total. The van der Waals surface area contributed by atoms with Gasteiger partial charge in [0.15, 0.2) is 5.13 Å². The van der Waals surface area contributed by atoms with Crippen molar-refractivity contribution in [1.29, 1.82) is 5.26 Å². The first-order valence-electron chi connectivity index (χ1n) is 8.44. The van der Waals surface area contributed by atoms with Gasteiger partial charge >= 0.3 is 0 Å². The van der Waals surface area contributed by atoms with Gasteiger partial charge in [0.1, 0.15) is 17.4 Å². The molecule has 146 valence electrons. The van der Waals surface area contributed by atoms with Crippen LogP contribution in [0.4, 0.5) is 5.13 Å². The molecular formula is C21H15Cl2N3O2S. The number of benzene rings is 2. The molecule has 0 saturated carbocycles. The van der Waals surface area contributed by atoms with E-state index < -0.39 is 5.91 Å². The lowest BCUT2D eigenvalue weighted by molar-refractivity contribution is -0.112. The number of halogens is 2. The van der Waals surface area contributed by atoms with Crippen molar-refractivity contribution in [3.8, 4) is 11.8 Å². The van der Waals surface area contributed by atoms with Crippen LogP contribution in [0.3, 0.4) is 0 Å². The number of nitrogens with one attached hydrogen (secondary N) is 1. The first-order chi connectivity index (χ1) is 14.0. The van der Waals surface area contributed by atoms with Crippen LogP contribution in [0.1, 0.15) is 16.0 Å². The first-order valence-corrected chi connectivity index (χ1v) is 10.0. The lowest BCUT2D eigenvalue weighted by atomic mass is 10.1. The molecule has 3 aromatic rings. The van der Waals surface area contributed by atoms with Gasteiger partial charge in [-0.15, -0.1) is 11.3 Å². The van der Waals surface area contributed by atoms with Gasteiger partial charge in [0.05, 0.1) is 7.11 Å². The summed E-state index contributed by atoms with van der Waals surface area (Å²) < 4.78 is 5.10. The third-order valence-electron chi connectivity index (χ3n) is 3.94. The van der Waals surface area contributed by atoms with E-state index in [1.807, 2.05) is 6.07 Å². The van der Waals surface area contributed by atoms with E-state index in [4.69, 9.17) is 27.9 Å². The molecule has 0 unspecified atom stereocenters. The normalized spacial score (nSPS) is 11.0. The van der Waals surface area contributed by atoms with Gasteiger partial charge in [-0.05, 0) is 47.5 Å². The highest BCUT2D eigenvalue weighted by Gasteiger charge is 2.13. The Labute approximate surface area is 182 Å². The number of hydrogen-bond donors (Lipinski definition) is 1. The second-order valence-electron chi connectivity index (χ2n) is 5.94. The van der Waals surface area contributed by atoms with Gasteiger partial charge in [-0.2, -0.15) is 5.26 Å². The summed E-state index contributed by atoms with van der Waals surface area (Å²) in [6.07, 6.45) is 3.71. The van der Waals surface area contributed by atoms with Crippen molar-refractivity contribution in [2.24, 2.45) is 0 Å². The van der Waals surface area contributed by atoms with Crippen LogP contribution in [-0.2, 0) is 11.2 Å². The number of methoxy groups -OCH3 is 1. The molecule has 8 heteroatoms. The van der Waals surface area contributed by atoms with Crippen LogP contribution in [0.5, 0.6) is 5.75 Å². The van der Waals surface area contributed by atoms with Gasteiger partial charge in [0.2, 0.25) is 0 Å². The third-order valence-corrected chi connectivity index (χ3v) is 5.45. The molecular weight excluding hydrogens is 429 g/mol. The molecule has 0 aliphatic rings. The molecule has 0 atom stereocenters. The summed E-state index contributed by atoms with van der Waals surface area (Å²) in [5, 5.41) is 13.6. The summed E-state index contributed by atoms with van der Waals surface area (Å²) in [4.78, 5) is 17.6. The quantitative estimate of drug-likeness (QED) is 0.397. The van der Waals surface area contributed by atoms with Crippen LogP contribution in [0.2, 0.25) is 10.0 Å². The fourth-order valence-electron chi connectivity index (χ4n) is 2.49. The molecule has 2 aromatic carbocycles. The van der Waals surface area contributed by atoms with Crippen LogP contribution < -0.4 is 10.1 Å². The van der Waals surface area contributed by atoms with Crippen molar-refractivity contribution in [2.75, 3.05) is 12.4 Å². The van der Waals surface area contributed by atoms with E-state index in [0.717, 1.165) is 10.4 Å². The Balaban J connectivity index is 1.70. The highest BCUT2D eigenvalue weighted by molar-refractivity contribution is 7.15. The highest BCUT2D eigenvalue weighted by atomic mass is 35.5. The Morgan fingerprint density at radius 3 is 2.72 bits per heavy atom. The maximum absolute atomic E-state index is 12.4. The molecule has 0 aliphatic carbocycles. The second-order valence-corrected chi connectivity index (χ2v) is 7.90. The standard InChI is InChI=1S/C21H15Cl2N3O2S/c1-28-17-5-2-13(3-6-17)8-15(11-24)20(27)26-21-25-12-18(29-21)10-14-9-16(22)4-7-19(14)23/h2-9,12H,10H2,1H3,(H,25,26,27)/b15-8-. The molecule has 0 aliphatic heterocycles. The van der Waals surface area contributed by atoms with Gasteiger partial charge in [0.25, 0.3) is 5.91 Å². The van der Waals surface area contributed by atoms with Crippen LogP contribution in [0, 0.1) is 11.3 Å². The van der Waals surface area contributed by atoms with E-state index in [1.165, 1.54) is 17.4 Å². The number of carbonyl (C=O) groups excluding carboxylic acids is 1. The number of anilines is 1. The number of aromatic nitrogens is 1. The molecule has 3 rings (SSSR count). The van der Waals surface area contributed by atoms with Gasteiger partial charge in [-0.1, -0.05) is 35.3 Å². The monoisotopic (exact) mass is 443 g/mol. The van der Waals surface area contributed by atoms with Crippen molar-refractivity contribution < 1.29 is 9.53 Å². The number of carbonyl (C=O) groups is 1. The lowest BCUT2D eigenvalue weighted by Gasteiger charge is -2.03. The minimum Gasteiger partial charge on any atom is -0.497 e. The van der Waals surface area contributed by atoms with E-state index >= 15 is 0 Å². The summed E-state index contributed by atoms with van der Waals surface area (Å²) in [5.41, 5.74) is 1.57. The highest BCUT2D eigenvalue weighted by Crippen LogP contribution is 2.27. The molecule has 1 aromatic heterocycles. The van der Waals surface area contributed by atoms with Gasteiger partial charge in [0, 0.05) is 27.5 Å². The average Bonchev–Trinajstić information content (AvgIpc) is 3.16. The number of nitrogens with zero attached hydrogens (tertiary/aromatic N) is 2. The maximum Gasteiger partial charge on any atom is 0.268 e. The fraction of sp³-hybridized carbons (Fsp3) is 0.0952. The third kappa shape index (κ3) is 5.58. The van der Waals surface area contributed by atoms with Crippen molar-refractivity contribution >= 4 is 51.7 Å². The molecule has 1 heterocycles. The van der Waals surface area contributed by atoms with E-state index in [9.17, 15) is 10.1 Å². The predicted octanol–water partition coefficient (Wildman–Crippen LogP) is 5.59. The SMILES string of the molecule is COc1ccc(/C=C(/C#N)C(=O)Nc2ncc(Cc3cc(Cl)ccc3Cl)s2)cc1. The summed E-state index contributed by atoms with van der Waals surface area (Å²) in [7, 11) is 1.57. The molecule has 0 bridgehead atoms. The van der Waals surface area contributed by atoms with E-state index in [2.05, 4.69) is 10.3 Å². The van der Waals surface area contributed by atoms with E-state index in [1.54, 1.807) is 55.8 Å². The van der Waals surface area contributed by atoms with Crippen molar-refractivity contribution in [2.45, 2.75) is 6.42 Å². The van der Waals surface area contributed by atoms with Gasteiger partial charge in [-0.3, -0.25) is 10.1 Å². The lowest BCUT2D eigenvalue weighted by Crippen LogP contribution is -2.13. The Bertz CT molecular complexity index is 1100. The minimum atomic E-state index is -0.523. The largest absolute Gasteiger partial charge is 0.497 e. The Kier molecular flexibility index (Phi) is 6.89. The van der Waals surface area contributed by atoms with Gasteiger partial charge < -0.3 is 4.74 Å². The number of hydrogen-bond acceptors (Lipinski definition) is 5. The molecule has 0 radical (unpaired) electrons.